The van der Waals surface area contributed by atoms with Gasteiger partial charge < -0.3 is 13.9 Å². The maximum atomic E-state index is 2.82. The Bertz CT molecular complexity index is 4080. The summed E-state index contributed by atoms with van der Waals surface area (Å²) in [6, 6.07) is 65.8. The molecule has 372 valence electrons. The first kappa shape index (κ1) is 47.4. The number of aromatic nitrogens is 2. The number of allylic oxidation sites excluding steroid dienone is 3. The van der Waals surface area contributed by atoms with Crippen molar-refractivity contribution in [3.8, 4) is 16.8 Å². The molecule has 0 bridgehead atoms. The lowest BCUT2D eigenvalue weighted by Gasteiger charge is -2.45. The van der Waals surface area contributed by atoms with Gasteiger partial charge in [0.25, 0.3) is 0 Å². The molecule has 4 heterocycles. The van der Waals surface area contributed by atoms with E-state index < -0.39 is 5.41 Å². The molecule has 0 fully saturated rings. The largest absolute Gasteiger partial charge is 0.375 e. The zero-order valence-electron chi connectivity index (χ0n) is 46.6. The Morgan fingerprint density at radius 3 is 1.55 bits per heavy atom. The van der Waals surface area contributed by atoms with Crippen LogP contribution in [0.4, 0.5) is 11.4 Å². The molecule has 2 aliphatic heterocycles. The first-order valence-electron chi connectivity index (χ1n) is 27.4. The van der Waals surface area contributed by atoms with E-state index in [1.54, 1.807) is 0 Å². The molecule has 0 radical (unpaired) electrons. The summed E-state index contributed by atoms with van der Waals surface area (Å²) in [4.78, 5) is 2.71. The minimum atomic E-state index is -0.434. The Morgan fingerprint density at radius 1 is 0.427 bits per heavy atom. The molecule has 0 unspecified atom stereocenters. The van der Waals surface area contributed by atoms with E-state index in [1.807, 2.05) is 0 Å². The smallest absolute Gasteiger partial charge is 0.333 e. The quantitative estimate of drug-likeness (QED) is 0.160. The Balaban J connectivity index is 1.29. The van der Waals surface area contributed by atoms with Gasteiger partial charge in [-0.3, -0.25) is 0 Å². The monoisotopic (exact) mass is 976 g/mol. The third kappa shape index (κ3) is 6.93. The second-order valence-electron chi connectivity index (χ2n) is 26.7. The summed E-state index contributed by atoms with van der Waals surface area (Å²) in [5, 5.41) is 5.21. The highest BCUT2D eigenvalue weighted by Gasteiger charge is 2.54. The van der Waals surface area contributed by atoms with Gasteiger partial charge in [-0.1, -0.05) is 206 Å². The topological polar surface area (TPSA) is 13.1 Å². The Morgan fingerprint density at radius 2 is 0.960 bits per heavy atom. The number of para-hydroxylation sites is 1. The van der Waals surface area contributed by atoms with Crippen molar-refractivity contribution in [2.45, 2.75) is 119 Å². The molecule has 8 aromatic carbocycles. The number of fused-ring (bicyclic) bond motifs is 10. The van der Waals surface area contributed by atoms with Gasteiger partial charge in [-0.25, -0.2) is 0 Å². The van der Waals surface area contributed by atoms with Crippen molar-refractivity contribution < 1.29 is 0 Å². The van der Waals surface area contributed by atoms with Crippen LogP contribution in [-0.4, -0.2) is 15.9 Å². The summed E-state index contributed by atoms with van der Waals surface area (Å²) < 4.78 is 5.41. The summed E-state index contributed by atoms with van der Waals surface area (Å²) in [6.45, 7) is 33.1. The maximum Gasteiger partial charge on any atom is 0.333 e. The van der Waals surface area contributed by atoms with Crippen LogP contribution in [0.25, 0.3) is 71.6 Å². The lowest BCUT2D eigenvalue weighted by Crippen LogP contribution is -2.51. The third-order valence-corrected chi connectivity index (χ3v) is 17.2. The predicted molar refractivity (Wildman–Crippen MR) is 324 cm³/mol. The summed E-state index contributed by atoms with van der Waals surface area (Å²) in [6.07, 6.45) is 0. The van der Waals surface area contributed by atoms with Crippen LogP contribution in [0.3, 0.4) is 0 Å². The molecule has 0 saturated heterocycles. The van der Waals surface area contributed by atoms with Crippen molar-refractivity contribution >= 4 is 78.4 Å². The van der Waals surface area contributed by atoms with Gasteiger partial charge >= 0.3 is 6.85 Å². The summed E-state index contributed by atoms with van der Waals surface area (Å²) in [5.74, 6) is 0. The normalized spacial score (nSPS) is 15.5. The SMILES string of the molecule is CC1(C)C(c2ccccc2)=C(c2ccccc2)C2=C1N(c1ccc(C(C)(C)C)cc1)c1cc(C(C)(C)C)cc3c1B2n1c2ccc(C(C)(C)C)cc2c2c1c-3cc1c3cc(C(C)(C)C)ccc3n(-c3ccccc3)c12. The molecule has 1 aliphatic carbocycles. The minimum absolute atomic E-state index is 0.0104. The molecule has 3 aliphatic rings. The average molecular weight is 976 g/mol. The Kier molecular flexibility index (Phi) is 10.0. The van der Waals surface area contributed by atoms with Gasteiger partial charge in [-0.15, -0.1) is 0 Å². The molecule has 10 aromatic rings. The molecule has 13 rings (SSSR count). The van der Waals surface area contributed by atoms with Gasteiger partial charge in [0.05, 0.1) is 11.0 Å². The first-order valence-corrected chi connectivity index (χ1v) is 27.4. The molecule has 0 spiro atoms. The fourth-order valence-corrected chi connectivity index (χ4v) is 13.4. The minimum Gasteiger partial charge on any atom is -0.375 e. The van der Waals surface area contributed by atoms with E-state index >= 15 is 0 Å². The van der Waals surface area contributed by atoms with Gasteiger partial charge in [-0.05, 0) is 143 Å². The number of benzene rings is 8. The van der Waals surface area contributed by atoms with E-state index in [2.05, 4.69) is 281 Å². The second-order valence-corrected chi connectivity index (χ2v) is 26.7. The first-order chi connectivity index (χ1) is 35.5. The lowest BCUT2D eigenvalue weighted by atomic mass is 9.43. The van der Waals surface area contributed by atoms with E-state index in [-0.39, 0.29) is 28.5 Å². The number of nitrogens with zero attached hydrogens (tertiary/aromatic N) is 3. The van der Waals surface area contributed by atoms with Crippen LogP contribution in [0.5, 0.6) is 0 Å². The Labute approximate surface area is 445 Å². The van der Waals surface area contributed by atoms with Gasteiger partial charge in [0.15, 0.2) is 0 Å². The van der Waals surface area contributed by atoms with Crippen LogP contribution in [0.1, 0.15) is 130 Å². The predicted octanol–water partition coefficient (Wildman–Crippen LogP) is 18.4. The van der Waals surface area contributed by atoms with Crippen LogP contribution in [0.2, 0.25) is 0 Å². The summed E-state index contributed by atoms with van der Waals surface area (Å²) in [7, 11) is 0. The fourth-order valence-electron chi connectivity index (χ4n) is 13.4. The number of hydrogen-bond acceptors (Lipinski definition) is 1. The molecule has 3 nitrogen and oxygen atoms in total. The maximum absolute atomic E-state index is 2.82. The van der Waals surface area contributed by atoms with E-state index in [4.69, 9.17) is 0 Å². The molecular weight excluding hydrogens is 906 g/mol. The molecule has 0 atom stereocenters. The highest BCUT2D eigenvalue weighted by molar-refractivity contribution is 6.87. The van der Waals surface area contributed by atoms with E-state index in [0.29, 0.717) is 0 Å². The highest BCUT2D eigenvalue weighted by Crippen LogP contribution is 2.62. The second kappa shape index (κ2) is 15.9. The van der Waals surface area contributed by atoms with Crippen molar-refractivity contribution in [2.75, 3.05) is 4.90 Å². The van der Waals surface area contributed by atoms with Gasteiger partial charge in [0.1, 0.15) is 0 Å². The third-order valence-electron chi connectivity index (χ3n) is 17.2. The average Bonchev–Trinajstić information content (AvgIpc) is 4.05. The van der Waals surface area contributed by atoms with E-state index in [9.17, 15) is 0 Å². The van der Waals surface area contributed by atoms with Gasteiger partial charge in [0, 0.05) is 66.3 Å². The number of anilines is 2. The van der Waals surface area contributed by atoms with E-state index in [0.717, 1.165) is 0 Å². The summed E-state index contributed by atoms with van der Waals surface area (Å²) in [5.41, 5.74) is 25.3. The highest BCUT2D eigenvalue weighted by atomic mass is 15.2. The van der Waals surface area contributed by atoms with Crippen molar-refractivity contribution in [2.24, 2.45) is 5.41 Å². The Hall–Kier alpha value is -7.30. The van der Waals surface area contributed by atoms with Crippen molar-refractivity contribution in [3.63, 3.8) is 0 Å². The van der Waals surface area contributed by atoms with Crippen molar-refractivity contribution in [1.29, 1.82) is 0 Å². The van der Waals surface area contributed by atoms with Crippen LogP contribution in [0, 0.1) is 5.41 Å². The van der Waals surface area contributed by atoms with Crippen molar-refractivity contribution in [3.05, 3.63) is 214 Å². The molecule has 0 saturated carbocycles. The molecule has 0 amide bonds. The van der Waals surface area contributed by atoms with Crippen LogP contribution < -0.4 is 10.4 Å². The van der Waals surface area contributed by atoms with Crippen molar-refractivity contribution in [1.82, 2.24) is 9.05 Å². The zero-order valence-corrected chi connectivity index (χ0v) is 46.6. The molecule has 2 aromatic heterocycles. The zero-order chi connectivity index (χ0) is 52.5. The molecule has 75 heavy (non-hydrogen) atoms. The molecule has 4 heteroatoms. The molecule has 0 N–H and O–H groups in total. The molecular formula is C71H70BN3. The van der Waals surface area contributed by atoms with Gasteiger partial charge in [0.2, 0.25) is 0 Å². The van der Waals surface area contributed by atoms with Crippen LogP contribution in [0.15, 0.2) is 181 Å². The fraction of sp³-hybridized carbons (Fsp3) is 0.268. The van der Waals surface area contributed by atoms with E-state index in [1.165, 1.54) is 133 Å². The van der Waals surface area contributed by atoms with Gasteiger partial charge in [-0.2, -0.15) is 0 Å². The van der Waals surface area contributed by atoms with Crippen LogP contribution >= 0.6 is 0 Å². The number of hydrogen-bond donors (Lipinski definition) is 0. The lowest BCUT2D eigenvalue weighted by molar-refractivity contribution is 0.586. The summed E-state index contributed by atoms with van der Waals surface area (Å²) >= 11 is 0. The number of rotatable bonds is 4. The van der Waals surface area contributed by atoms with Crippen LogP contribution in [-0.2, 0) is 21.7 Å². The standard InChI is InChI=1S/C71H70BN3/c1-67(2,3)45-30-34-50(35-31-45)74-58-41-48(70(10,11)12)40-52-54-42-53-51-38-46(68(4,5)6)32-36-56(51)73(49-28-22-17-23-29-49)64(53)60-55-39-47(69(7,8)9)33-37-57(55)75(65(54)60)72(62(52)58)63-59(43-24-18-15-19-25-43)61(71(13,14)66(63)74)44-26-20-16-21-27-44/h15-42H,1-14H3.